The normalized spacial score (nSPS) is 17.9. The third-order valence-corrected chi connectivity index (χ3v) is 3.62. The number of nitrogens with zero attached hydrogens (tertiary/aromatic N) is 1. The smallest absolute Gasteiger partial charge is 0.298 e. The van der Waals surface area contributed by atoms with E-state index in [-0.39, 0.29) is 24.6 Å². The number of rotatable bonds is 3. The van der Waals surface area contributed by atoms with Crippen molar-refractivity contribution in [2.45, 2.75) is 12.7 Å². The average Bonchev–Trinajstić information content (AvgIpc) is 2.84. The SMILES string of the molecule is O=C1NNC(c2ccc(Cl)cc2)N1Cc1ccccc1F. The third-order valence-electron chi connectivity index (χ3n) is 3.37. The molecule has 6 heteroatoms. The molecule has 4 nitrogen and oxygen atoms in total. The fourth-order valence-electron chi connectivity index (χ4n) is 2.28. The van der Waals surface area contributed by atoms with Gasteiger partial charge in [-0.1, -0.05) is 41.9 Å². The standard InChI is InChI=1S/C15H13ClFN3O/c16-12-7-5-10(6-8-12)14-18-19-15(21)20(14)9-11-3-1-2-4-13(11)17/h1-8,14,18H,9H2,(H,19,21). The summed E-state index contributed by atoms with van der Waals surface area (Å²) in [6.07, 6.45) is -0.366. The van der Waals surface area contributed by atoms with Gasteiger partial charge in [0.25, 0.3) is 0 Å². The molecule has 1 unspecified atom stereocenters. The van der Waals surface area contributed by atoms with E-state index in [2.05, 4.69) is 10.9 Å². The zero-order valence-corrected chi connectivity index (χ0v) is 11.8. The van der Waals surface area contributed by atoms with Crippen LogP contribution in [0.15, 0.2) is 48.5 Å². The fourth-order valence-corrected chi connectivity index (χ4v) is 2.40. The summed E-state index contributed by atoms with van der Waals surface area (Å²) in [6.45, 7) is 0.179. The third kappa shape index (κ3) is 2.84. The molecule has 1 aliphatic rings. The lowest BCUT2D eigenvalue weighted by Gasteiger charge is -2.23. The summed E-state index contributed by atoms with van der Waals surface area (Å²) >= 11 is 5.87. The zero-order valence-electron chi connectivity index (χ0n) is 11.0. The van der Waals surface area contributed by atoms with E-state index in [0.29, 0.717) is 10.6 Å². The van der Waals surface area contributed by atoms with Gasteiger partial charge in [0.2, 0.25) is 0 Å². The van der Waals surface area contributed by atoms with Gasteiger partial charge in [0, 0.05) is 10.6 Å². The van der Waals surface area contributed by atoms with Crippen LogP contribution in [0.3, 0.4) is 0 Å². The number of carbonyl (C=O) groups is 1. The molecule has 1 saturated heterocycles. The average molecular weight is 306 g/mol. The lowest BCUT2D eigenvalue weighted by molar-refractivity contribution is 0.197. The maximum absolute atomic E-state index is 13.8. The molecule has 2 aromatic rings. The Balaban J connectivity index is 1.86. The topological polar surface area (TPSA) is 44.4 Å². The van der Waals surface area contributed by atoms with Crippen molar-refractivity contribution in [1.29, 1.82) is 0 Å². The summed E-state index contributed by atoms with van der Waals surface area (Å²) in [5.74, 6) is -0.327. The highest BCUT2D eigenvalue weighted by atomic mass is 35.5. The Morgan fingerprint density at radius 2 is 1.86 bits per heavy atom. The first-order valence-electron chi connectivity index (χ1n) is 6.46. The monoisotopic (exact) mass is 305 g/mol. The minimum Gasteiger partial charge on any atom is -0.298 e. The minimum absolute atomic E-state index is 0.179. The van der Waals surface area contributed by atoms with Crippen LogP contribution in [-0.2, 0) is 6.54 Å². The molecule has 0 aromatic heterocycles. The molecule has 2 aromatic carbocycles. The van der Waals surface area contributed by atoms with Gasteiger partial charge in [-0.2, -0.15) is 0 Å². The van der Waals surface area contributed by atoms with Crippen LogP contribution in [0.2, 0.25) is 5.02 Å². The van der Waals surface area contributed by atoms with Gasteiger partial charge >= 0.3 is 6.03 Å². The quantitative estimate of drug-likeness (QED) is 0.914. The molecule has 21 heavy (non-hydrogen) atoms. The molecule has 1 heterocycles. The van der Waals surface area contributed by atoms with E-state index in [0.717, 1.165) is 5.56 Å². The van der Waals surface area contributed by atoms with Gasteiger partial charge in [-0.15, -0.1) is 0 Å². The number of amides is 2. The summed E-state index contributed by atoms with van der Waals surface area (Å²) in [6, 6.07) is 13.3. The molecular formula is C15H13ClFN3O. The van der Waals surface area contributed by atoms with E-state index in [9.17, 15) is 9.18 Å². The number of hydrazine groups is 1. The second kappa shape index (κ2) is 5.71. The van der Waals surface area contributed by atoms with E-state index in [1.54, 1.807) is 30.3 Å². The molecule has 108 valence electrons. The predicted molar refractivity (Wildman–Crippen MR) is 77.8 cm³/mol. The van der Waals surface area contributed by atoms with Crippen LogP contribution in [0.25, 0.3) is 0 Å². The van der Waals surface area contributed by atoms with Crippen molar-refractivity contribution in [3.63, 3.8) is 0 Å². The number of nitrogens with one attached hydrogen (secondary N) is 2. The van der Waals surface area contributed by atoms with Gasteiger partial charge in [0.15, 0.2) is 0 Å². The maximum Gasteiger partial charge on any atom is 0.333 e. The van der Waals surface area contributed by atoms with Crippen molar-refractivity contribution in [2.75, 3.05) is 0 Å². The number of halogens is 2. The first kappa shape index (κ1) is 13.9. The van der Waals surface area contributed by atoms with Crippen LogP contribution >= 0.6 is 11.6 Å². The number of hydrogen-bond acceptors (Lipinski definition) is 2. The van der Waals surface area contributed by atoms with Gasteiger partial charge in [-0.05, 0) is 23.8 Å². The summed E-state index contributed by atoms with van der Waals surface area (Å²) < 4.78 is 13.8. The van der Waals surface area contributed by atoms with Crippen LogP contribution in [0, 0.1) is 5.82 Å². The first-order chi connectivity index (χ1) is 10.1. The Morgan fingerprint density at radius 1 is 1.14 bits per heavy atom. The highest BCUT2D eigenvalue weighted by Crippen LogP contribution is 2.25. The molecule has 0 aliphatic carbocycles. The largest absolute Gasteiger partial charge is 0.333 e. The summed E-state index contributed by atoms with van der Waals surface area (Å²) in [5, 5.41) is 0.622. The Hall–Kier alpha value is -2.11. The van der Waals surface area contributed by atoms with Crippen LogP contribution in [-0.4, -0.2) is 10.9 Å². The molecule has 2 N–H and O–H groups in total. The summed E-state index contributed by atoms with van der Waals surface area (Å²) in [4.78, 5) is 13.5. The van der Waals surface area contributed by atoms with E-state index in [1.807, 2.05) is 12.1 Å². The van der Waals surface area contributed by atoms with Crippen LogP contribution < -0.4 is 10.9 Å². The zero-order chi connectivity index (χ0) is 14.8. The van der Waals surface area contributed by atoms with Gasteiger partial charge in [-0.25, -0.2) is 14.6 Å². The highest BCUT2D eigenvalue weighted by Gasteiger charge is 2.31. The summed E-state index contributed by atoms with van der Waals surface area (Å²) in [7, 11) is 0. The number of urea groups is 1. The van der Waals surface area contributed by atoms with Crippen LogP contribution in [0.5, 0.6) is 0 Å². The van der Waals surface area contributed by atoms with Crippen molar-refractivity contribution in [1.82, 2.24) is 15.8 Å². The van der Waals surface area contributed by atoms with Crippen molar-refractivity contribution < 1.29 is 9.18 Å². The lowest BCUT2D eigenvalue weighted by atomic mass is 10.1. The molecular weight excluding hydrogens is 293 g/mol. The van der Waals surface area contributed by atoms with E-state index in [4.69, 9.17) is 11.6 Å². The second-order valence-corrected chi connectivity index (χ2v) is 5.18. The van der Waals surface area contributed by atoms with Gasteiger partial charge in [0.05, 0.1) is 6.54 Å². The Labute approximate surface area is 126 Å². The van der Waals surface area contributed by atoms with Crippen molar-refractivity contribution >= 4 is 17.6 Å². The molecule has 0 bridgehead atoms. The highest BCUT2D eigenvalue weighted by molar-refractivity contribution is 6.30. The van der Waals surface area contributed by atoms with Crippen molar-refractivity contribution in [2.24, 2.45) is 0 Å². The summed E-state index contributed by atoms with van der Waals surface area (Å²) in [5.41, 5.74) is 6.78. The molecule has 0 spiro atoms. The van der Waals surface area contributed by atoms with E-state index in [1.165, 1.54) is 11.0 Å². The van der Waals surface area contributed by atoms with Crippen molar-refractivity contribution in [3.8, 4) is 0 Å². The number of hydrogen-bond donors (Lipinski definition) is 2. The van der Waals surface area contributed by atoms with Gasteiger partial charge in [-0.3, -0.25) is 10.3 Å². The molecule has 0 radical (unpaired) electrons. The Morgan fingerprint density at radius 3 is 2.57 bits per heavy atom. The molecule has 0 saturated carbocycles. The Kier molecular flexibility index (Phi) is 3.77. The van der Waals surface area contributed by atoms with Crippen molar-refractivity contribution in [3.05, 3.63) is 70.5 Å². The molecule has 1 atom stereocenters. The number of benzene rings is 2. The van der Waals surface area contributed by atoms with E-state index >= 15 is 0 Å². The van der Waals surface area contributed by atoms with E-state index < -0.39 is 0 Å². The predicted octanol–water partition coefficient (Wildman–Crippen LogP) is 3.21. The minimum atomic E-state index is -0.366. The molecule has 1 fully saturated rings. The number of carbonyl (C=O) groups excluding carboxylic acids is 1. The fraction of sp³-hybridized carbons (Fsp3) is 0.133. The maximum atomic E-state index is 13.8. The molecule has 2 amide bonds. The van der Waals surface area contributed by atoms with Crippen LogP contribution in [0.4, 0.5) is 9.18 Å². The van der Waals surface area contributed by atoms with Gasteiger partial charge < -0.3 is 0 Å². The van der Waals surface area contributed by atoms with Crippen LogP contribution in [0.1, 0.15) is 17.3 Å². The first-order valence-corrected chi connectivity index (χ1v) is 6.84. The Bertz CT molecular complexity index is 662. The van der Waals surface area contributed by atoms with Gasteiger partial charge in [0.1, 0.15) is 12.0 Å². The molecule has 1 aliphatic heterocycles. The lowest BCUT2D eigenvalue weighted by Crippen LogP contribution is -2.29. The second-order valence-electron chi connectivity index (χ2n) is 4.75. The molecule has 3 rings (SSSR count).